The van der Waals surface area contributed by atoms with Crippen LogP contribution in [-0.2, 0) is 0 Å². The van der Waals surface area contributed by atoms with Crippen LogP contribution in [0.3, 0.4) is 0 Å². The van der Waals surface area contributed by atoms with Gasteiger partial charge in [-0.3, -0.25) is 0 Å². The van der Waals surface area contributed by atoms with Crippen LogP contribution in [0.4, 0.5) is 26.3 Å². The molecule has 0 bridgehead atoms. The minimum Gasteiger partial charge on any atom is -0.491 e. The van der Waals surface area contributed by atoms with Crippen molar-refractivity contribution in [2.45, 2.75) is 89.4 Å². The molecule has 1 heterocycles. The van der Waals surface area contributed by atoms with Gasteiger partial charge in [0.2, 0.25) is 0 Å². The first kappa shape index (κ1) is 29.7. The highest BCUT2D eigenvalue weighted by molar-refractivity contribution is 5.56. The van der Waals surface area contributed by atoms with Crippen LogP contribution in [0.15, 0.2) is 36.7 Å². The summed E-state index contributed by atoms with van der Waals surface area (Å²) in [5.74, 6) is -3.17. The van der Waals surface area contributed by atoms with Gasteiger partial charge in [-0.25, -0.2) is 14.4 Å². The van der Waals surface area contributed by atoms with Crippen molar-refractivity contribution in [1.82, 2.24) is 9.97 Å². The van der Waals surface area contributed by atoms with Crippen LogP contribution >= 0.6 is 0 Å². The number of hydrogen-bond acceptors (Lipinski definition) is 4. The maximum Gasteiger partial charge on any atom is 0.453 e. The Kier molecular flexibility index (Phi) is 12.3. The number of rotatable bonds is 17. The average Bonchev–Trinajstić information content (AvgIpc) is 2.85. The molecule has 36 heavy (non-hydrogen) atoms. The third-order valence-electron chi connectivity index (χ3n) is 5.61. The quantitative estimate of drug-likeness (QED) is 0.155. The van der Waals surface area contributed by atoms with Crippen LogP contribution in [0.5, 0.6) is 11.5 Å². The van der Waals surface area contributed by atoms with E-state index in [0.29, 0.717) is 36.6 Å². The van der Waals surface area contributed by atoms with Crippen molar-refractivity contribution < 1.29 is 35.8 Å². The summed E-state index contributed by atoms with van der Waals surface area (Å²) in [6.45, 7) is 2.41. The Morgan fingerprint density at radius 3 is 2.06 bits per heavy atom. The maximum absolute atomic E-state index is 13.9. The molecule has 0 saturated heterocycles. The number of benzene rings is 1. The average molecular weight is 521 g/mol. The summed E-state index contributed by atoms with van der Waals surface area (Å²) >= 11 is 0. The second kappa shape index (κ2) is 14.9. The van der Waals surface area contributed by atoms with Gasteiger partial charge in [0, 0.05) is 12.0 Å². The third-order valence-corrected chi connectivity index (χ3v) is 5.61. The minimum absolute atomic E-state index is 0.0219. The Hall–Kier alpha value is -2.52. The Balaban J connectivity index is 1.66. The standard InChI is InChI=1S/C26H34F6N2O2/c1-2-3-4-7-10-21(27)19-36-22-13-11-20(12-14-22)24-33-17-23(18-34-24)35-16-9-6-5-8-15-25(28,29)26(30,31)32/h11-14,17-18,21H,2-10,15-16,19H2,1H3. The normalized spacial score (nSPS) is 13.0. The first-order valence-electron chi connectivity index (χ1n) is 12.4. The van der Waals surface area contributed by atoms with Crippen LogP contribution in [0.25, 0.3) is 11.4 Å². The van der Waals surface area contributed by atoms with Gasteiger partial charge in [0.1, 0.15) is 18.5 Å². The highest BCUT2D eigenvalue weighted by atomic mass is 19.4. The number of hydrogen-bond donors (Lipinski definition) is 0. The molecule has 0 fully saturated rings. The number of alkyl halides is 6. The molecule has 1 aromatic heterocycles. The summed E-state index contributed by atoms with van der Waals surface area (Å²) in [6, 6.07) is 7.03. The van der Waals surface area contributed by atoms with Crippen molar-refractivity contribution in [1.29, 1.82) is 0 Å². The van der Waals surface area contributed by atoms with E-state index in [-0.39, 0.29) is 26.1 Å². The molecule has 1 aromatic carbocycles. The zero-order valence-corrected chi connectivity index (χ0v) is 20.5. The molecule has 4 nitrogen and oxygen atoms in total. The van der Waals surface area contributed by atoms with E-state index in [9.17, 15) is 26.3 Å². The molecule has 1 unspecified atom stereocenters. The molecule has 0 spiro atoms. The molecule has 2 rings (SSSR count). The molecule has 0 aliphatic heterocycles. The summed E-state index contributed by atoms with van der Waals surface area (Å²) in [4.78, 5) is 8.51. The fourth-order valence-corrected chi connectivity index (χ4v) is 3.44. The molecule has 202 valence electrons. The summed E-state index contributed by atoms with van der Waals surface area (Å²) in [6.07, 6.45) is 0.996. The van der Waals surface area contributed by atoms with Crippen molar-refractivity contribution in [2.24, 2.45) is 0 Å². The van der Waals surface area contributed by atoms with E-state index in [2.05, 4.69) is 16.9 Å². The lowest BCUT2D eigenvalue weighted by Gasteiger charge is -2.19. The molecule has 0 radical (unpaired) electrons. The molecule has 0 N–H and O–H groups in total. The van der Waals surface area contributed by atoms with Gasteiger partial charge in [-0.15, -0.1) is 0 Å². The van der Waals surface area contributed by atoms with Gasteiger partial charge >= 0.3 is 12.1 Å². The molecular weight excluding hydrogens is 486 g/mol. The van der Waals surface area contributed by atoms with Gasteiger partial charge in [-0.2, -0.15) is 22.0 Å². The van der Waals surface area contributed by atoms with E-state index in [1.54, 1.807) is 24.3 Å². The van der Waals surface area contributed by atoms with E-state index in [1.165, 1.54) is 12.4 Å². The number of aromatic nitrogens is 2. The maximum atomic E-state index is 13.9. The van der Waals surface area contributed by atoms with Crippen LogP contribution in [-0.4, -0.2) is 41.5 Å². The molecule has 0 saturated carbocycles. The SMILES string of the molecule is CCCCCCC(F)COc1ccc(-c2ncc(OCCCCCCC(F)(F)C(F)(F)F)cn2)cc1. The van der Waals surface area contributed by atoms with Gasteiger partial charge in [0.25, 0.3) is 0 Å². The van der Waals surface area contributed by atoms with Gasteiger partial charge in [-0.05, 0) is 43.5 Å². The highest BCUT2D eigenvalue weighted by Gasteiger charge is 2.56. The summed E-state index contributed by atoms with van der Waals surface area (Å²) in [5.41, 5.74) is 0.751. The van der Waals surface area contributed by atoms with Crippen molar-refractivity contribution in [3.63, 3.8) is 0 Å². The van der Waals surface area contributed by atoms with Crippen LogP contribution < -0.4 is 9.47 Å². The van der Waals surface area contributed by atoms with Crippen molar-refractivity contribution >= 4 is 0 Å². The largest absolute Gasteiger partial charge is 0.491 e. The molecule has 0 amide bonds. The third kappa shape index (κ3) is 10.6. The Morgan fingerprint density at radius 1 is 0.778 bits per heavy atom. The first-order chi connectivity index (χ1) is 17.1. The monoisotopic (exact) mass is 520 g/mol. The van der Waals surface area contributed by atoms with Gasteiger partial charge in [0.15, 0.2) is 11.6 Å². The zero-order chi connectivity index (χ0) is 26.4. The lowest BCUT2D eigenvalue weighted by atomic mass is 10.1. The Labute approximate surface area is 208 Å². The van der Waals surface area contributed by atoms with Crippen molar-refractivity contribution in [3.05, 3.63) is 36.7 Å². The fraction of sp³-hybridized carbons (Fsp3) is 0.615. The zero-order valence-electron chi connectivity index (χ0n) is 20.5. The second-order valence-corrected chi connectivity index (χ2v) is 8.74. The van der Waals surface area contributed by atoms with Crippen LogP contribution in [0.2, 0.25) is 0 Å². The fourth-order valence-electron chi connectivity index (χ4n) is 3.44. The Morgan fingerprint density at radius 2 is 1.42 bits per heavy atom. The predicted molar refractivity (Wildman–Crippen MR) is 126 cm³/mol. The predicted octanol–water partition coefficient (Wildman–Crippen LogP) is 8.36. The van der Waals surface area contributed by atoms with E-state index in [0.717, 1.165) is 31.2 Å². The van der Waals surface area contributed by atoms with E-state index in [4.69, 9.17) is 9.47 Å². The number of ether oxygens (including phenoxy) is 2. The first-order valence-corrected chi connectivity index (χ1v) is 12.4. The summed E-state index contributed by atoms with van der Waals surface area (Å²) in [7, 11) is 0. The lowest BCUT2D eigenvalue weighted by Crippen LogP contribution is -2.36. The summed E-state index contributed by atoms with van der Waals surface area (Å²) in [5, 5.41) is 0. The molecule has 0 aliphatic rings. The summed E-state index contributed by atoms with van der Waals surface area (Å²) < 4.78 is 87.0. The lowest BCUT2D eigenvalue weighted by molar-refractivity contribution is -0.284. The number of unbranched alkanes of at least 4 members (excludes halogenated alkanes) is 6. The smallest absolute Gasteiger partial charge is 0.453 e. The minimum atomic E-state index is -5.50. The van der Waals surface area contributed by atoms with E-state index >= 15 is 0 Å². The molecular formula is C26H34F6N2O2. The molecule has 0 aliphatic carbocycles. The molecule has 1 atom stereocenters. The van der Waals surface area contributed by atoms with Gasteiger partial charge in [0.05, 0.1) is 19.0 Å². The van der Waals surface area contributed by atoms with Gasteiger partial charge < -0.3 is 9.47 Å². The number of nitrogens with zero attached hydrogens (tertiary/aromatic N) is 2. The van der Waals surface area contributed by atoms with Crippen molar-refractivity contribution in [2.75, 3.05) is 13.2 Å². The number of halogens is 6. The topological polar surface area (TPSA) is 44.2 Å². The molecule has 2 aromatic rings. The van der Waals surface area contributed by atoms with Crippen LogP contribution in [0, 0.1) is 0 Å². The molecule has 10 heteroatoms. The highest BCUT2D eigenvalue weighted by Crippen LogP contribution is 2.39. The second-order valence-electron chi connectivity index (χ2n) is 8.74. The van der Waals surface area contributed by atoms with Gasteiger partial charge in [-0.1, -0.05) is 45.4 Å². The van der Waals surface area contributed by atoms with E-state index < -0.39 is 24.7 Å². The van der Waals surface area contributed by atoms with Crippen LogP contribution in [0.1, 0.15) is 71.1 Å². The van der Waals surface area contributed by atoms with E-state index in [1.807, 2.05) is 0 Å². The van der Waals surface area contributed by atoms with Crippen molar-refractivity contribution in [3.8, 4) is 22.9 Å². The Bertz CT molecular complexity index is 860.